The van der Waals surface area contributed by atoms with Gasteiger partial charge in [-0.3, -0.25) is 0 Å². The van der Waals surface area contributed by atoms with Crippen molar-refractivity contribution in [1.82, 2.24) is 9.80 Å². The van der Waals surface area contributed by atoms with Gasteiger partial charge in [0.1, 0.15) is 23.7 Å². The summed E-state index contributed by atoms with van der Waals surface area (Å²) in [5.74, 6) is 1.02. The maximum atomic E-state index is 15.3. The molecule has 4 N–H and O–H groups in total. The van der Waals surface area contributed by atoms with E-state index in [2.05, 4.69) is 36.4 Å². The van der Waals surface area contributed by atoms with Gasteiger partial charge >= 0.3 is 6.03 Å². The van der Waals surface area contributed by atoms with E-state index >= 15 is 4.79 Å². The van der Waals surface area contributed by atoms with E-state index < -0.39 is 18.0 Å². The molecule has 0 aromatic heterocycles. The lowest BCUT2D eigenvalue weighted by Gasteiger charge is -2.37. The van der Waals surface area contributed by atoms with Gasteiger partial charge < -0.3 is 40.2 Å². The first-order chi connectivity index (χ1) is 23.7. The van der Waals surface area contributed by atoms with Crippen molar-refractivity contribution < 1.29 is 23.7 Å². The first kappa shape index (κ1) is 31.5. The predicted molar refractivity (Wildman–Crippen MR) is 188 cm³/mol. The van der Waals surface area contributed by atoms with Gasteiger partial charge in [0.15, 0.2) is 5.79 Å². The number of nitrogens with zero attached hydrogens (tertiary/aromatic N) is 2. The number of nitrogens with two attached hydrogens (primary N) is 2. The van der Waals surface area contributed by atoms with E-state index in [9.17, 15) is 0 Å². The van der Waals surface area contributed by atoms with E-state index in [0.29, 0.717) is 50.5 Å². The van der Waals surface area contributed by atoms with Crippen LogP contribution in [0.25, 0.3) is 0 Å². The quantitative estimate of drug-likeness (QED) is 0.226. The number of ether oxygens (including phenoxy) is 4. The summed E-state index contributed by atoms with van der Waals surface area (Å²) in [6.07, 6.45) is 2.13. The highest BCUT2D eigenvalue weighted by molar-refractivity contribution is 5.76. The van der Waals surface area contributed by atoms with Gasteiger partial charge in [0, 0.05) is 37.3 Å². The van der Waals surface area contributed by atoms with Crippen LogP contribution in [0, 0.1) is 0 Å². The van der Waals surface area contributed by atoms with Gasteiger partial charge in [0.25, 0.3) is 0 Å². The summed E-state index contributed by atoms with van der Waals surface area (Å²) in [6, 6.07) is 27.6. The number of hydrogen-bond donors (Lipinski definition) is 2. The van der Waals surface area contributed by atoms with E-state index in [4.69, 9.17) is 30.4 Å². The molecule has 9 nitrogen and oxygen atoms in total. The monoisotopic (exact) mass is 660 g/mol. The molecule has 0 unspecified atom stereocenters. The molecule has 4 aromatic carbocycles. The van der Waals surface area contributed by atoms with Crippen molar-refractivity contribution in [2.24, 2.45) is 0 Å². The van der Waals surface area contributed by atoms with Crippen molar-refractivity contribution in [3.8, 4) is 11.5 Å². The van der Waals surface area contributed by atoms with E-state index in [-0.39, 0.29) is 18.1 Å². The van der Waals surface area contributed by atoms with Gasteiger partial charge in [-0.1, -0.05) is 48.5 Å². The number of anilines is 2. The maximum Gasteiger partial charge on any atom is 0.321 e. The van der Waals surface area contributed by atoms with Crippen LogP contribution in [0.1, 0.15) is 47.2 Å². The normalized spacial score (nSPS) is 23.8. The maximum absolute atomic E-state index is 15.3. The number of amides is 2. The average molecular weight is 661 g/mol. The highest BCUT2D eigenvalue weighted by atomic mass is 16.8. The molecule has 2 fully saturated rings. The lowest BCUT2D eigenvalue weighted by Crippen LogP contribution is -2.51. The number of nitrogen functional groups attached to an aromatic ring is 2. The number of urea groups is 1. The first-order valence-electron chi connectivity index (χ1n) is 17.3. The molecule has 2 amide bonds. The summed E-state index contributed by atoms with van der Waals surface area (Å²) in [6.45, 7) is 6.06. The molecule has 0 radical (unpaired) electrons. The standard InChI is InChI=1S/C40H44N4O5/c1-40(2)48-37-33(21-25-9-11-35-29(17-25)13-15-46-35)43(23-27-5-3-7-31(41)19-27)39(45)44(24-28-6-4-8-32(42)20-28)34(38(37)49-40)22-26-10-12-36-30(18-26)14-16-47-36/h3-12,17-20,33-34,37-38H,13-16,21-24,41-42H2,1-2H3/t33-,34-,37+,38+/m1/s1. The molecule has 254 valence electrons. The largest absolute Gasteiger partial charge is 0.493 e. The van der Waals surface area contributed by atoms with Crippen molar-refractivity contribution in [3.63, 3.8) is 0 Å². The lowest BCUT2D eigenvalue weighted by molar-refractivity contribution is -0.157. The van der Waals surface area contributed by atoms with Gasteiger partial charge in [0.05, 0.1) is 25.3 Å². The fourth-order valence-corrected chi connectivity index (χ4v) is 8.03. The number of hydrogen-bond acceptors (Lipinski definition) is 7. The second-order valence-corrected chi connectivity index (χ2v) is 14.2. The fourth-order valence-electron chi connectivity index (χ4n) is 8.03. The smallest absolute Gasteiger partial charge is 0.321 e. The molecule has 0 aliphatic carbocycles. The Morgan fingerprint density at radius 3 is 1.57 bits per heavy atom. The SMILES string of the molecule is CC1(C)O[C@@H]2[C@@H](O1)[C@@H](Cc1ccc3c(c1)CCO3)N(Cc1cccc(N)c1)C(=O)N(Cc1cccc(N)c1)[C@@H]2Cc1ccc2c(c1)CCO2. The Balaban J connectivity index is 1.25. The molecule has 0 saturated carbocycles. The molecular weight excluding hydrogens is 616 g/mol. The summed E-state index contributed by atoms with van der Waals surface area (Å²) < 4.78 is 25.4. The molecule has 4 heterocycles. The van der Waals surface area contributed by atoms with E-state index in [0.717, 1.165) is 46.6 Å². The Kier molecular flexibility index (Phi) is 8.12. The van der Waals surface area contributed by atoms with Gasteiger partial charge in [0.2, 0.25) is 0 Å². The zero-order valence-electron chi connectivity index (χ0n) is 28.1. The Bertz CT molecular complexity index is 1750. The molecular formula is C40H44N4O5. The van der Waals surface area contributed by atoms with Gasteiger partial charge in [-0.05, 0) is 96.5 Å². The number of carbonyl (C=O) groups is 1. The Morgan fingerprint density at radius 2 is 1.12 bits per heavy atom. The highest BCUT2D eigenvalue weighted by Gasteiger charge is 2.55. The number of carbonyl (C=O) groups excluding carboxylic acids is 1. The van der Waals surface area contributed by atoms with E-state index in [1.807, 2.05) is 72.2 Å². The minimum Gasteiger partial charge on any atom is -0.493 e. The summed E-state index contributed by atoms with van der Waals surface area (Å²) in [4.78, 5) is 19.3. The van der Waals surface area contributed by atoms with Crippen LogP contribution < -0.4 is 20.9 Å². The molecule has 2 saturated heterocycles. The summed E-state index contributed by atoms with van der Waals surface area (Å²) >= 11 is 0. The molecule has 4 aliphatic rings. The molecule has 8 rings (SSSR count). The van der Waals surface area contributed by atoms with Gasteiger partial charge in [-0.2, -0.15) is 0 Å². The molecule has 4 aromatic rings. The van der Waals surface area contributed by atoms with Crippen molar-refractivity contribution in [2.75, 3.05) is 24.7 Å². The summed E-state index contributed by atoms with van der Waals surface area (Å²) in [5.41, 5.74) is 20.4. The van der Waals surface area contributed by atoms with Crippen molar-refractivity contribution in [3.05, 3.63) is 118 Å². The second-order valence-electron chi connectivity index (χ2n) is 14.2. The minimum atomic E-state index is -0.852. The zero-order valence-corrected chi connectivity index (χ0v) is 28.1. The Hall–Kier alpha value is -4.73. The number of benzene rings is 4. The second kappa shape index (κ2) is 12.6. The third-order valence-electron chi connectivity index (χ3n) is 10.2. The molecule has 9 heteroatoms. The molecule has 0 spiro atoms. The van der Waals surface area contributed by atoms with Gasteiger partial charge in [-0.25, -0.2) is 4.79 Å². The number of fused-ring (bicyclic) bond motifs is 3. The first-order valence-corrected chi connectivity index (χ1v) is 17.3. The van der Waals surface area contributed by atoms with Crippen molar-refractivity contribution >= 4 is 17.4 Å². The fraction of sp³-hybridized carbons (Fsp3) is 0.375. The topological polar surface area (TPSA) is 113 Å². The van der Waals surface area contributed by atoms with E-state index in [1.54, 1.807) is 0 Å². The Morgan fingerprint density at radius 1 is 0.653 bits per heavy atom. The van der Waals surface area contributed by atoms with Crippen molar-refractivity contribution in [2.45, 2.75) is 82.7 Å². The Labute approximate surface area is 287 Å². The summed E-state index contributed by atoms with van der Waals surface area (Å²) in [5, 5.41) is 0. The minimum absolute atomic E-state index is 0.0757. The van der Waals surface area contributed by atoms with Crippen molar-refractivity contribution in [1.29, 1.82) is 0 Å². The highest BCUT2D eigenvalue weighted by Crippen LogP contribution is 2.41. The zero-order chi connectivity index (χ0) is 33.7. The van der Waals surface area contributed by atoms with Crippen LogP contribution in [-0.2, 0) is 48.2 Å². The van der Waals surface area contributed by atoms with Crippen LogP contribution >= 0.6 is 0 Å². The lowest BCUT2D eigenvalue weighted by atomic mass is 9.90. The molecule has 4 aliphatic heterocycles. The average Bonchev–Trinajstić information content (AvgIpc) is 3.81. The third-order valence-corrected chi connectivity index (χ3v) is 10.2. The van der Waals surface area contributed by atoms with Crippen LogP contribution in [0.4, 0.5) is 16.2 Å². The van der Waals surface area contributed by atoms with Crippen LogP contribution in [-0.4, -0.2) is 59.1 Å². The van der Waals surface area contributed by atoms with Crippen LogP contribution in [0.2, 0.25) is 0 Å². The molecule has 4 atom stereocenters. The van der Waals surface area contributed by atoms with Crippen LogP contribution in [0.3, 0.4) is 0 Å². The number of rotatable bonds is 8. The van der Waals surface area contributed by atoms with Gasteiger partial charge in [-0.15, -0.1) is 0 Å². The van der Waals surface area contributed by atoms with Crippen LogP contribution in [0.15, 0.2) is 84.9 Å². The molecule has 0 bridgehead atoms. The third kappa shape index (κ3) is 6.40. The van der Waals surface area contributed by atoms with E-state index in [1.165, 1.54) is 11.1 Å². The van der Waals surface area contributed by atoms with Crippen LogP contribution in [0.5, 0.6) is 11.5 Å². The molecule has 49 heavy (non-hydrogen) atoms. The predicted octanol–water partition coefficient (Wildman–Crippen LogP) is 5.90. The summed E-state index contributed by atoms with van der Waals surface area (Å²) in [7, 11) is 0.